The van der Waals surface area contributed by atoms with Gasteiger partial charge in [-0.25, -0.2) is 13.4 Å². The Morgan fingerprint density at radius 1 is 1.08 bits per heavy atom. The summed E-state index contributed by atoms with van der Waals surface area (Å²) in [6.45, 7) is 0.724. The molecule has 12 heteroatoms. The first-order valence-corrected chi connectivity index (χ1v) is 13.3. The standard InChI is InChI=1S/C25H22ClN5O5S/c26-17-5-10-23(31(33)34)20(15-17)25(32)27-18-6-8-19(9-7-18)37(35,36)30-13-11-16(12-14-30)24-28-21-3-1-2-4-22(21)29-24/h1-10,15-16H,11-14H2,(H,27,32)(H,28,29). The molecule has 0 atom stereocenters. The highest BCUT2D eigenvalue weighted by molar-refractivity contribution is 7.89. The predicted octanol–water partition coefficient (Wildman–Crippen LogP) is 4.95. The van der Waals surface area contributed by atoms with Gasteiger partial charge in [0.25, 0.3) is 11.6 Å². The number of nitrogens with zero attached hydrogens (tertiary/aromatic N) is 3. The van der Waals surface area contributed by atoms with E-state index < -0.39 is 20.9 Å². The number of sulfonamides is 1. The molecule has 2 heterocycles. The van der Waals surface area contributed by atoms with Crippen LogP contribution in [0.3, 0.4) is 0 Å². The van der Waals surface area contributed by atoms with Crippen LogP contribution in [0.25, 0.3) is 11.0 Å². The number of aromatic nitrogens is 2. The number of nitro benzene ring substituents is 1. The van der Waals surface area contributed by atoms with Crippen molar-refractivity contribution in [2.24, 2.45) is 0 Å². The molecule has 1 saturated heterocycles. The topological polar surface area (TPSA) is 138 Å². The van der Waals surface area contributed by atoms with E-state index in [9.17, 15) is 23.3 Å². The zero-order chi connectivity index (χ0) is 26.2. The molecule has 190 valence electrons. The third-order valence-corrected chi connectivity index (χ3v) is 8.55. The van der Waals surface area contributed by atoms with Crippen molar-refractivity contribution in [3.05, 3.63) is 93.3 Å². The number of nitro groups is 1. The summed E-state index contributed by atoms with van der Waals surface area (Å²) < 4.78 is 27.9. The Labute approximate surface area is 217 Å². The van der Waals surface area contributed by atoms with Crippen LogP contribution in [0.15, 0.2) is 71.6 Å². The van der Waals surface area contributed by atoms with Crippen molar-refractivity contribution in [3.8, 4) is 0 Å². The Morgan fingerprint density at radius 3 is 2.46 bits per heavy atom. The summed E-state index contributed by atoms with van der Waals surface area (Å²) in [6, 6.07) is 17.2. The van der Waals surface area contributed by atoms with Crippen molar-refractivity contribution in [1.82, 2.24) is 14.3 Å². The van der Waals surface area contributed by atoms with E-state index in [0.717, 1.165) is 22.9 Å². The molecule has 4 aromatic rings. The number of fused-ring (bicyclic) bond motifs is 1. The first-order chi connectivity index (χ1) is 17.7. The van der Waals surface area contributed by atoms with E-state index in [1.54, 1.807) is 0 Å². The minimum Gasteiger partial charge on any atom is -0.342 e. The fraction of sp³-hybridized carbons (Fsp3) is 0.200. The Hall–Kier alpha value is -3.80. The molecule has 0 radical (unpaired) electrons. The number of imidazole rings is 1. The van der Waals surface area contributed by atoms with Crippen LogP contribution in [0.1, 0.15) is 34.9 Å². The third-order valence-electron chi connectivity index (χ3n) is 6.40. The zero-order valence-electron chi connectivity index (χ0n) is 19.4. The maximum Gasteiger partial charge on any atom is 0.282 e. The zero-order valence-corrected chi connectivity index (χ0v) is 21.0. The molecular weight excluding hydrogens is 518 g/mol. The summed E-state index contributed by atoms with van der Waals surface area (Å²) in [5.74, 6) is 0.294. The normalized spacial score (nSPS) is 15.1. The quantitative estimate of drug-likeness (QED) is 0.263. The average Bonchev–Trinajstić information content (AvgIpc) is 3.33. The Bertz CT molecular complexity index is 1560. The number of carbonyl (C=O) groups excluding carboxylic acids is 1. The van der Waals surface area contributed by atoms with E-state index in [2.05, 4.69) is 15.3 Å². The molecule has 1 aliphatic heterocycles. The molecule has 0 aliphatic carbocycles. The van der Waals surface area contributed by atoms with Gasteiger partial charge in [-0.1, -0.05) is 23.7 Å². The molecule has 37 heavy (non-hydrogen) atoms. The lowest BCUT2D eigenvalue weighted by atomic mass is 9.97. The van der Waals surface area contributed by atoms with Crippen molar-refractivity contribution >= 4 is 49.9 Å². The van der Waals surface area contributed by atoms with E-state index in [1.165, 1.54) is 40.7 Å². The van der Waals surface area contributed by atoms with Gasteiger partial charge in [-0.2, -0.15) is 4.31 Å². The van der Waals surface area contributed by atoms with E-state index >= 15 is 0 Å². The monoisotopic (exact) mass is 539 g/mol. The van der Waals surface area contributed by atoms with Crippen molar-refractivity contribution < 1.29 is 18.1 Å². The van der Waals surface area contributed by atoms with E-state index in [0.29, 0.717) is 31.6 Å². The third kappa shape index (κ3) is 5.06. The molecule has 10 nitrogen and oxygen atoms in total. The molecule has 0 saturated carbocycles. The van der Waals surface area contributed by atoms with Crippen molar-refractivity contribution in [2.75, 3.05) is 18.4 Å². The van der Waals surface area contributed by atoms with Gasteiger partial charge < -0.3 is 10.3 Å². The number of benzene rings is 3. The average molecular weight is 540 g/mol. The Balaban J connectivity index is 1.25. The smallest absolute Gasteiger partial charge is 0.282 e. The molecule has 1 amide bonds. The first kappa shape index (κ1) is 24.9. The van der Waals surface area contributed by atoms with Gasteiger partial charge in [0, 0.05) is 35.8 Å². The molecule has 1 aromatic heterocycles. The van der Waals surface area contributed by atoms with Gasteiger partial charge in [0.05, 0.1) is 20.9 Å². The molecule has 5 rings (SSSR count). The van der Waals surface area contributed by atoms with Gasteiger partial charge in [-0.3, -0.25) is 14.9 Å². The number of anilines is 1. The maximum atomic E-state index is 13.2. The highest BCUT2D eigenvalue weighted by Gasteiger charge is 2.31. The second kappa shape index (κ2) is 9.92. The number of hydrogen-bond acceptors (Lipinski definition) is 6. The highest BCUT2D eigenvalue weighted by atomic mass is 35.5. The number of H-pyrrole nitrogens is 1. The van der Waals surface area contributed by atoms with Gasteiger partial charge in [-0.15, -0.1) is 0 Å². The van der Waals surface area contributed by atoms with Crippen LogP contribution in [-0.4, -0.2) is 46.6 Å². The van der Waals surface area contributed by atoms with E-state index in [1.807, 2.05) is 24.3 Å². The van der Waals surface area contributed by atoms with Crippen molar-refractivity contribution in [3.63, 3.8) is 0 Å². The van der Waals surface area contributed by atoms with Crippen LogP contribution in [0.2, 0.25) is 5.02 Å². The Morgan fingerprint density at radius 2 is 1.78 bits per heavy atom. The number of piperidine rings is 1. The van der Waals surface area contributed by atoms with Crippen LogP contribution in [0.5, 0.6) is 0 Å². The largest absolute Gasteiger partial charge is 0.342 e. The summed E-state index contributed by atoms with van der Waals surface area (Å²) in [5.41, 5.74) is 1.57. The lowest BCUT2D eigenvalue weighted by Crippen LogP contribution is -2.38. The number of amides is 1. The lowest BCUT2D eigenvalue weighted by molar-refractivity contribution is -0.385. The van der Waals surface area contributed by atoms with E-state index in [-0.39, 0.29) is 27.1 Å². The minimum absolute atomic E-state index is 0.0985. The van der Waals surface area contributed by atoms with Gasteiger partial charge in [-0.05, 0) is 61.4 Å². The molecule has 1 fully saturated rings. The summed E-state index contributed by atoms with van der Waals surface area (Å²) in [5, 5.41) is 14.0. The lowest BCUT2D eigenvalue weighted by Gasteiger charge is -2.30. The van der Waals surface area contributed by atoms with Crippen molar-refractivity contribution in [1.29, 1.82) is 0 Å². The molecule has 0 unspecified atom stereocenters. The molecule has 3 aromatic carbocycles. The molecule has 1 aliphatic rings. The molecular formula is C25H22ClN5O5S. The second-order valence-electron chi connectivity index (χ2n) is 8.71. The summed E-state index contributed by atoms with van der Waals surface area (Å²) in [6.07, 6.45) is 1.29. The van der Waals surface area contributed by atoms with Crippen LogP contribution in [-0.2, 0) is 10.0 Å². The number of carbonyl (C=O) groups is 1. The van der Waals surface area contributed by atoms with Crippen LogP contribution < -0.4 is 5.32 Å². The SMILES string of the molecule is O=C(Nc1ccc(S(=O)(=O)N2CCC(c3nc4ccccc4[nH]3)CC2)cc1)c1cc(Cl)ccc1[N+](=O)[O-]. The van der Waals surface area contributed by atoms with Crippen LogP contribution in [0.4, 0.5) is 11.4 Å². The number of hydrogen-bond donors (Lipinski definition) is 2. The van der Waals surface area contributed by atoms with E-state index in [4.69, 9.17) is 11.6 Å². The minimum atomic E-state index is -3.73. The second-order valence-corrected chi connectivity index (χ2v) is 11.1. The number of rotatable bonds is 6. The Kier molecular flexibility index (Phi) is 6.67. The maximum absolute atomic E-state index is 13.2. The number of aromatic amines is 1. The summed E-state index contributed by atoms with van der Waals surface area (Å²) in [7, 11) is -3.73. The predicted molar refractivity (Wildman–Crippen MR) is 139 cm³/mol. The molecule has 2 N–H and O–H groups in total. The van der Waals surface area contributed by atoms with Crippen molar-refractivity contribution in [2.45, 2.75) is 23.7 Å². The van der Waals surface area contributed by atoms with Gasteiger partial charge in [0.15, 0.2) is 0 Å². The van der Waals surface area contributed by atoms with Gasteiger partial charge in [0.2, 0.25) is 10.0 Å². The van der Waals surface area contributed by atoms with Gasteiger partial charge in [0.1, 0.15) is 11.4 Å². The first-order valence-electron chi connectivity index (χ1n) is 11.5. The summed E-state index contributed by atoms with van der Waals surface area (Å²) in [4.78, 5) is 31.3. The number of nitrogens with one attached hydrogen (secondary N) is 2. The molecule has 0 spiro atoms. The molecule has 0 bridgehead atoms. The van der Waals surface area contributed by atoms with Crippen LogP contribution in [0, 0.1) is 10.1 Å². The fourth-order valence-electron chi connectivity index (χ4n) is 4.44. The van der Waals surface area contributed by atoms with Gasteiger partial charge >= 0.3 is 0 Å². The number of halogens is 1. The summed E-state index contributed by atoms with van der Waals surface area (Å²) >= 11 is 5.90. The fourth-order valence-corrected chi connectivity index (χ4v) is 6.08. The number of para-hydroxylation sites is 2. The van der Waals surface area contributed by atoms with Crippen LogP contribution >= 0.6 is 11.6 Å². The highest BCUT2D eigenvalue weighted by Crippen LogP contribution is 2.31.